The van der Waals surface area contributed by atoms with Gasteiger partial charge in [0.25, 0.3) is 3.90 Å². The molecule has 0 spiro atoms. The summed E-state index contributed by atoms with van der Waals surface area (Å²) in [4.78, 5) is 4.04. The maximum Gasteiger partial charge on any atom is 0.257 e. The van der Waals surface area contributed by atoms with E-state index < -0.39 is 0 Å². The summed E-state index contributed by atoms with van der Waals surface area (Å²) in [6.07, 6.45) is 1.44. The largest absolute Gasteiger partial charge is 0.440 e. The minimum atomic E-state index is -0.307. The van der Waals surface area contributed by atoms with Crippen molar-refractivity contribution in [1.82, 2.24) is 4.98 Å². The Hall–Kier alpha value is -0.430. The molecular formula is C9H4BrFINO. The van der Waals surface area contributed by atoms with Gasteiger partial charge in [-0.3, -0.25) is 0 Å². The Morgan fingerprint density at radius 3 is 2.86 bits per heavy atom. The van der Waals surface area contributed by atoms with Gasteiger partial charge in [-0.1, -0.05) is 15.9 Å². The van der Waals surface area contributed by atoms with E-state index in [2.05, 4.69) is 20.9 Å². The molecule has 0 saturated carbocycles. The highest BCUT2D eigenvalue weighted by Gasteiger charge is 2.09. The molecule has 1 aromatic heterocycles. The normalized spacial score (nSPS) is 10.5. The van der Waals surface area contributed by atoms with E-state index in [1.165, 1.54) is 12.3 Å². The summed E-state index contributed by atoms with van der Waals surface area (Å²) < 4.78 is 19.7. The maximum absolute atomic E-state index is 13.4. The second-order valence-corrected chi connectivity index (χ2v) is 4.45. The molecular weight excluding hydrogens is 364 g/mol. The van der Waals surface area contributed by atoms with Crippen molar-refractivity contribution >= 4 is 38.5 Å². The fourth-order valence-electron chi connectivity index (χ4n) is 1.07. The van der Waals surface area contributed by atoms with Crippen molar-refractivity contribution in [2.75, 3.05) is 0 Å². The molecule has 72 valence electrons. The number of halogens is 3. The second kappa shape index (κ2) is 3.98. The highest BCUT2D eigenvalue weighted by Crippen LogP contribution is 2.25. The van der Waals surface area contributed by atoms with Crippen molar-refractivity contribution < 1.29 is 8.81 Å². The predicted octanol–water partition coefficient (Wildman–Crippen LogP) is 3.85. The van der Waals surface area contributed by atoms with Gasteiger partial charge in [-0.15, -0.1) is 0 Å². The highest BCUT2D eigenvalue weighted by molar-refractivity contribution is 14.1. The Morgan fingerprint density at radius 1 is 1.43 bits per heavy atom. The van der Waals surface area contributed by atoms with Gasteiger partial charge >= 0.3 is 0 Å². The highest BCUT2D eigenvalue weighted by atomic mass is 127. The van der Waals surface area contributed by atoms with Gasteiger partial charge in [0.05, 0.1) is 0 Å². The van der Waals surface area contributed by atoms with Crippen LogP contribution in [0.25, 0.3) is 11.3 Å². The molecule has 0 saturated heterocycles. The van der Waals surface area contributed by atoms with Gasteiger partial charge in [0.15, 0.2) is 0 Å². The summed E-state index contributed by atoms with van der Waals surface area (Å²) in [6.45, 7) is 0. The van der Waals surface area contributed by atoms with Crippen molar-refractivity contribution in [3.8, 4) is 11.3 Å². The third kappa shape index (κ3) is 1.98. The van der Waals surface area contributed by atoms with Gasteiger partial charge in [-0.2, -0.15) is 0 Å². The molecule has 2 aromatic rings. The van der Waals surface area contributed by atoms with Crippen LogP contribution in [0.4, 0.5) is 4.39 Å². The zero-order chi connectivity index (χ0) is 10.1. The molecule has 0 aliphatic rings. The molecule has 2 nitrogen and oxygen atoms in total. The second-order valence-electron chi connectivity index (χ2n) is 2.61. The quantitative estimate of drug-likeness (QED) is 0.715. The van der Waals surface area contributed by atoms with Gasteiger partial charge in [-0.05, 0) is 18.2 Å². The van der Waals surface area contributed by atoms with Gasteiger partial charge in [0.1, 0.15) is 17.8 Å². The van der Waals surface area contributed by atoms with Crippen LogP contribution in [0, 0.1) is 9.71 Å². The summed E-state index contributed by atoms with van der Waals surface area (Å²) >= 11 is 5.21. The van der Waals surface area contributed by atoms with E-state index in [1.54, 1.807) is 12.1 Å². The Labute approximate surface area is 102 Å². The Kier molecular flexibility index (Phi) is 2.87. The number of aromatic nitrogens is 1. The predicted molar refractivity (Wildman–Crippen MR) is 62.3 cm³/mol. The fourth-order valence-corrected chi connectivity index (χ4v) is 1.82. The Balaban J connectivity index is 2.55. The van der Waals surface area contributed by atoms with E-state index in [1.807, 2.05) is 22.6 Å². The van der Waals surface area contributed by atoms with E-state index in [4.69, 9.17) is 4.42 Å². The zero-order valence-electron chi connectivity index (χ0n) is 6.80. The molecule has 5 heteroatoms. The first-order valence-electron chi connectivity index (χ1n) is 3.73. The Bertz CT molecular complexity index is 472. The van der Waals surface area contributed by atoms with E-state index in [-0.39, 0.29) is 5.82 Å². The summed E-state index contributed by atoms with van der Waals surface area (Å²) in [5.41, 5.74) is 0.944. The van der Waals surface area contributed by atoms with E-state index in [0.29, 0.717) is 15.2 Å². The smallest absolute Gasteiger partial charge is 0.257 e. The molecule has 0 amide bonds. The molecule has 0 N–H and O–H groups in total. The van der Waals surface area contributed by atoms with Crippen LogP contribution < -0.4 is 0 Å². The van der Waals surface area contributed by atoms with Gasteiger partial charge < -0.3 is 4.42 Å². The van der Waals surface area contributed by atoms with Crippen LogP contribution >= 0.6 is 38.5 Å². The average Bonchev–Trinajstić information content (AvgIpc) is 2.56. The number of hydrogen-bond acceptors (Lipinski definition) is 2. The fraction of sp³-hybridized carbons (Fsp3) is 0. The molecule has 0 unspecified atom stereocenters. The Morgan fingerprint density at radius 2 is 2.21 bits per heavy atom. The lowest BCUT2D eigenvalue weighted by molar-refractivity contribution is 0.525. The first-order valence-corrected chi connectivity index (χ1v) is 5.60. The number of rotatable bonds is 1. The summed E-state index contributed by atoms with van der Waals surface area (Å²) in [5.74, 6) is -0.307. The van der Waals surface area contributed by atoms with Crippen LogP contribution in [0.3, 0.4) is 0 Å². The monoisotopic (exact) mass is 367 g/mol. The molecule has 2 rings (SSSR count). The van der Waals surface area contributed by atoms with Crippen LogP contribution in [0.15, 0.2) is 33.4 Å². The summed E-state index contributed by atoms with van der Waals surface area (Å²) in [6, 6.07) is 4.70. The SMILES string of the molecule is Fc1ccc(Br)cc1-c1coc(I)n1. The third-order valence-electron chi connectivity index (χ3n) is 1.68. The molecule has 0 atom stereocenters. The summed E-state index contributed by atoms with van der Waals surface area (Å²) in [7, 11) is 0. The molecule has 1 heterocycles. The van der Waals surface area contributed by atoms with Gasteiger partial charge in [-0.25, -0.2) is 9.37 Å². The van der Waals surface area contributed by atoms with Crippen LogP contribution in [0.2, 0.25) is 0 Å². The van der Waals surface area contributed by atoms with Crippen LogP contribution in [0.1, 0.15) is 0 Å². The van der Waals surface area contributed by atoms with Crippen molar-refractivity contribution in [2.45, 2.75) is 0 Å². The number of hydrogen-bond donors (Lipinski definition) is 0. The lowest BCUT2D eigenvalue weighted by atomic mass is 10.1. The number of benzene rings is 1. The van der Waals surface area contributed by atoms with Gasteiger partial charge in [0, 0.05) is 32.6 Å². The van der Waals surface area contributed by atoms with Crippen molar-refractivity contribution in [2.24, 2.45) is 0 Å². The number of oxazole rings is 1. The molecule has 0 bridgehead atoms. The van der Waals surface area contributed by atoms with Gasteiger partial charge in [0.2, 0.25) is 0 Å². The molecule has 1 aromatic carbocycles. The number of nitrogens with zero attached hydrogens (tertiary/aromatic N) is 1. The summed E-state index contributed by atoms with van der Waals surface area (Å²) in [5, 5.41) is 0. The van der Waals surface area contributed by atoms with Crippen LogP contribution in [-0.4, -0.2) is 4.98 Å². The molecule has 14 heavy (non-hydrogen) atoms. The topological polar surface area (TPSA) is 26.0 Å². The zero-order valence-corrected chi connectivity index (χ0v) is 10.5. The lowest BCUT2D eigenvalue weighted by Gasteiger charge is -1.98. The molecule has 0 fully saturated rings. The average molecular weight is 368 g/mol. The van der Waals surface area contributed by atoms with Crippen LogP contribution in [-0.2, 0) is 0 Å². The minimum absolute atomic E-state index is 0.307. The van der Waals surface area contributed by atoms with Crippen molar-refractivity contribution in [3.05, 3.63) is 38.6 Å². The van der Waals surface area contributed by atoms with E-state index >= 15 is 0 Å². The first kappa shape index (κ1) is 10.1. The van der Waals surface area contributed by atoms with Crippen molar-refractivity contribution in [1.29, 1.82) is 0 Å². The molecule has 0 aliphatic heterocycles. The first-order chi connectivity index (χ1) is 6.66. The molecule has 0 aliphatic carbocycles. The minimum Gasteiger partial charge on any atom is -0.440 e. The van der Waals surface area contributed by atoms with Crippen LogP contribution in [0.5, 0.6) is 0 Å². The maximum atomic E-state index is 13.4. The molecule has 0 radical (unpaired) electrons. The third-order valence-corrected chi connectivity index (χ3v) is 2.67. The standard InChI is InChI=1S/C9H4BrFINO/c10-5-1-2-7(11)6(3-5)8-4-14-9(12)13-8/h1-4H. The van der Waals surface area contributed by atoms with E-state index in [9.17, 15) is 4.39 Å². The lowest BCUT2D eigenvalue weighted by Crippen LogP contribution is -1.84. The van der Waals surface area contributed by atoms with Crippen molar-refractivity contribution in [3.63, 3.8) is 0 Å². The van der Waals surface area contributed by atoms with E-state index in [0.717, 1.165) is 4.47 Å².